The summed E-state index contributed by atoms with van der Waals surface area (Å²) in [5.74, 6) is 2.10. The molecule has 4 aromatic rings. The average Bonchev–Trinajstić information content (AvgIpc) is 3.31. The van der Waals surface area contributed by atoms with Crippen LogP contribution in [0.2, 0.25) is 0 Å². The fourth-order valence-corrected chi connectivity index (χ4v) is 3.87. The van der Waals surface area contributed by atoms with Crippen LogP contribution >= 0.6 is 0 Å². The molecule has 168 valence electrons. The van der Waals surface area contributed by atoms with E-state index in [1.165, 1.54) is 0 Å². The number of rotatable bonds is 6. The Morgan fingerprint density at radius 2 is 1.82 bits per heavy atom. The average molecular weight is 443 g/mol. The lowest BCUT2D eigenvalue weighted by Crippen LogP contribution is -2.36. The number of ether oxygens (including phenoxy) is 1. The number of hydrogen-bond donors (Lipinski definition) is 1. The second-order valence-corrected chi connectivity index (χ2v) is 8.07. The quantitative estimate of drug-likeness (QED) is 0.466. The van der Waals surface area contributed by atoms with Gasteiger partial charge in [0.25, 0.3) is 0 Å². The second-order valence-electron chi connectivity index (χ2n) is 8.07. The highest BCUT2D eigenvalue weighted by Crippen LogP contribution is 2.32. The molecule has 1 N–H and O–H groups in total. The molecular weight excluding hydrogens is 416 g/mol. The van der Waals surface area contributed by atoms with Gasteiger partial charge in [-0.15, -0.1) is 0 Å². The van der Waals surface area contributed by atoms with Crippen molar-refractivity contribution in [2.24, 2.45) is 0 Å². The topological polar surface area (TPSA) is 89.2 Å². The molecule has 1 aromatic carbocycles. The number of nitrogens with zero attached hydrogens (tertiary/aromatic N) is 5. The Morgan fingerprint density at radius 1 is 1.00 bits per heavy atom. The van der Waals surface area contributed by atoms with Gasteiger partial charge in [-0.25, -0.2) is 15.0 Å². The lowest BCUT2D eigenvalue weighted by atomic mass is 10.1. The summed E-state index contributed by atoms with van der Waals surface area (Å²) in [5.41, 5.74) is 4.36. The molecular formula is C25H26N6O2. The number of benzene rings is 1. The Kier molecular flexibility index (Phi) is 5.99. The number of nitrogens with one attached hydrogen (secondary N) is 1. The van der Waals surface area contributed by atoms with E-state index >= 15 is 0 Å². The maximum atomic E-state index is 5.53. The molecule has 0 amide bonds. The van der Waals surface area contributed by atoms with Crippen LogP contribution in [0.3, 0.4) is 0 Å². The third-order valence-corrected chi connectivity index (χ3v) is 5.68. The number of hydrogen-bond acceptors (Lipinski definition) is 8. The molecule has 1 aliphatic heterocycles. The van der Waals surface area contributed by atoms with Crippen LogP contribution in [0.15, 0.2) is 65.4 Å². The van der Waals surface area contributed by atoms with E-state index in [0.29, 0.717) is 11.7 Å². The van der Waals surface area contributed by atoms with Gasteiger partial charge in [-0.05, 0) is 31.5 Å². The van der Waals surface area contributed by atoms with Gasteiger partial charge < -0.3 is 19.5 Å². The standard InChI is InChI=1S/C25H26N6O2/c1-17-14-22(33-30-17)21-16-27-25(28-18(2)19-6-4-3-5-7-19)29-24(21)20-8-9-23(26-15-20)31-10-12-32-13-11-31/h3-9,14-16,18H,10-13H2,1-2H3,(H,27,28,29)/t18-/m0/s1. The van der Waals surface area contributed by atoms with Crippen LogP contribution in [-0.2, 0) is 4.74 Å². The first-order valence-electron chi connectivity index (χ1n) is 11.1. The van der Waals surface area contributed by atoms with Crippen molar-refractivity contribution in [3.63, 3.8) is 0 Å². The zero-order chi connectivity index (χ0) is 22.6. The molecule has 1 saturated heterocycles. The minimum absolute atomic E-state index is 0.0549. The summed E-state index contributed by atoms with van der Waals surface area (Å²) in [6.45, 7) is 7.11. The van der Waals surface area contributed by atoms with Crippen LogP contribution in [0.4, 0.5) is 11.8 Å². The van der Waals surface area contributed by atoms with Gasteiger partial charge in [-0.3, -0.25) is 0 Å². The zero-order valence-electron chi connectivity index (χ0n) is 18.7. The molecule has 0 unspecified atom stereocenters. The summed E-state index contributed by atoms with van der Waals surface area (Å²) >= 11 is 0. The highest BCUT2D eigenvalue weighted by Gasteiger charge is 2.18. The minimum atomic E-state index is 0.0549. The van der Waals surface area contributed by atoms with Gasteiger partial charge in [0, 0.05) is 37.1 Å². The summed E-state index contributed by atoms with van der Waals surface area (Å²) in [4.78, 5) is 16.3. The molecule has 1 atom stereocenters. The SMILES string of the molecule is Cc1cc(-c2cnc(N[C@@H](C)c3ccccc3)nc2-c2ccc(N3CCOCC3)nc2)on1. The van der Waals surface area contributed by atoms with E-state index in [0.717, 1.165) is 60.2 Å². The number of aryl methyl sites for hydroxylation is 1. The molecule has 8 nitrogen and oxygen atoms in total. The lowest BCUT2D eigenvalue weighted by Gasteiger charge is -2.27. The van der Waals surface area contributed by atoms with Crippen molar-refractivity contribution in [3.8, 4) is 22.6 Å². The van der Waals surface area contributed by atoms with Crippen LogP contribution in [0, 0.1) is 6.92 Å². The van der Waals surface area contributed by atoms with E-state index in [1.54, 1.807) is 6.20 Å². The van der Waals surface area contributed by atoms with Crippen molar-refractivity contribution >= 4 is 11.8 Å². The molecule has 0 aliphatic carbocycles. The van der Waals surface area contributed by atoms with Gasteiger partial charge >= 0.3 is 0 Å². The van der Waals surface area contributed by atoms with E-state index < -0.39 is 0 Å². The summed E-state index contributed by atoms with van der Waals surface area (Å²) in [6.07, 6.45) is 3.63. The molecule has 5 rings (SSSR count). The molecule has 33 heavy (non-hydrogen) atoms. The van der Waals surface area contributed by atoms with Crippen molar-refractivity contribution in [2.45, 2.75) is 19.9 Å². The van der Waals surface area contributed by atoms with Crippen molar-refractivity contribution in [1.29, 1.82) is 0 Å². The molecule has 8 heteroatoms. The van der Waals surface area contributed by atoms with E-state index in [-0.39, 0.29) is 6.04 Å². The predicted molar refractivity (Wildman–Crippen MR) is 127 cm³/mol. The van der Waals surface area contributed by atoms with Crippen LogP contribution in [0.1, 0.15) is 24.2 Å². The van der Waals surface area contributed by atoms with Crippen molar-refractivity contribution in [1.82, 2.24) is 20.1 Å². The van der Waals surface area contributed by atoms with Crippen LogP contribution in [0.25, 0.3) is 22.6 Å². The second kappa shape index (κ2) is 9.38. The van der Waals surface area contributed by atoms with Crippen LogP contribution in [0.5, 0.6) is 0 Å². The largest absolute Gasteiger partial charge is 0.378 e. The van der Waals surface area contributed by atoms with Gasteiger partial charge in [-0.1, -0.05) is 35.5 Å². The molecule has 0 spiro atoms. The van der Waals surface area contributed by atoms with Gasteiger partial charge in [0.05, 0.1) is 36.2 Å². The summed E-state index contributed by atoms with van der Waals surface area (Å²) in [6, 6.07) is 16.2. The highest BCUT2D eigenvalue weighted by molar-refractivity contribution is 5.78. The predicted octanol–water partition coefficient (Wildman–Crippen LogP) is 4.51. The first kappa shape index (κ1) is 21.1. The fraction of sp³-hybridized carbons (Fsp3) is 0.280. The van der Waals surface area contributed by atoms with Crippen LogP contribution in [-0.4, -0.2) is 46.4 Å². The van der Waals surface area contributed by atoms with Crippen molar-refractivity contribution < 1.29 is 9.26 Å². The number of anilines is 2. The maximum absolute atomic E-state index is 5.53. The lowest BCUT2D eigenvalue weighted by molar-refractivity contribution is 0.122. The number of morpholine rings is 1. The fourth-order valence-electron chi connectivity index (χ4n) is 3.87. The molecule has 4 heterocycles. The highest BCUT2D eigenvalue weighted by atomic mass is 16.5. The van der Waals surface area contributed by atoms with E-state index in [2.05, 4.69) is 39.4 Å². The zero-order valence-corrected chi connectivity index (χ0v) is 18.7. The third-order valence-electron chi connectivity index (χ3n) is 5.68. The van der Waals surface area contributed by atoms with Crippen LogP contribution < -0.4 is 10.2 Å². The van der Waals surface area contributed by atoms with E-state index in [1.807, 2.05) is 49.5 Å². The summed E-state index contributed by atoms with van der Waals surface area (Å²) < 4.78 is 11.0. The Hall–Kier alpha value is -3.78. The Balaban J connectivity index is 1.48. The first-order valence-corrected chi connectivity index (χ1v) is 11.1. The Morgan fingerprint density at radius 3 is 2.52 bits per heavy atom. The van der Waals surface area contributed by atoms with Gasteiger partial charge in [0.1, 0.15) is 5.82 Å². The van der Waals surface area contributed by atoms with Gasteiger partial charge in [0.15, 0.2) is 5.76 Å². The third kappa shape index (κ3) is 4.70. The first-order chi connectivity index (χ1) is 16.2. The maximum Gasteiger partial charge on any atom is 0.223 e. The molecule has 3 aromatic heterocycles. The van der Waals surface area contributed by atoms with E-state index in [4.69, 9.17) is 19.2 Å². The van der Waals surface area contributed by atoms with Gasteiger partial charge in [0.2, 0.25) is 5.95 Å². The summed E-state index contributed by atoms with van der Waals surface area (Å²) in [5, 5.41) is 7.44. The molecule has 0 saturated carbocycles. The monoisotopic (exact) mass is 442 g/mol. The molecule has 0 bridgehead atoms. The smallest absolute Gasteiger partial charge is 0.223 e. The molecule has 1 aliphatic rings. The summed E-state index contributed by atoms with van der Waals surface area (Å²) in [7, 11) is 0. The van der Waals surface area contributed by atoms with Crippen molar-refractivity contribution in [3.05, 3.63) is 72.2 Å². The van der Waals surface area contributed by atoms with E-state index in [9.17, 15) is 0 Å². The molecule has 1 fully saturated rings. The van der Waals surface area contributed by atoms with Gasteiger partial charge in [-0.2, -0.15) is 0 Å². The Labute approximate surface area is 192 Å². The number of pyridine rings is 1. The van der Waals surface area contributed by atoms with Crippen molar-refractivity contribution in [2.75, 3.05) is 36.5 Å². The minimum Gasteiger partial charge on any atom is -0.378 e. The number of aromatic nitrogens is 4. The molecule has 0 radical (unpaired) electrons. The normalized spacial score (nSPS) is 14.8. The Bertz CT molecular complexity index is 1200.